The maximum Gasteiger partial charge on any atom is 0.226 e. The predicted octanol–water partition coefficient (Wildman–Crippen LogP) is 2.57. The molecule has 0 bridgehead atoms. The number of carbonyl (C=O) groups excluding carboxylic acids is 2. The van der Waals surface area contributed by atoms with Gasteiger partial charge < -0.3 is 4.90 Å². The van der Waals surface area contributed by atoms with Gasteiger partial charge in [0.2, 0.25) is 11.1 Å². The highest BCUT2D eigenvalue weighted by molar-refractivity contribution is 6.64. The molecule has 2 rings (SSSR count). The van der Waals surface area contributed by atoms with Crippen LogP contribution in [0.5, 0.6) is 0 Å². The summed E-state index contributed by atoms with van der Waals surface area (Å²) in [7, 11) is 0. The molecule has 0 aromatic heterocycles. The van der Waals surface area contributed by atoms with E-state index in [4.69, 9.17) is 11.6 Å². The summed E-state index contributed by atoms with van der Waals surface area (Å²) in [5, 5.41) is -0.286. The second-order valence-electron chi connectivity index (χ2n) is 5.26. The number of halogens is 1. The highest BCUT2D eigenvalue weighted by atomic mass is 35.5. The van der Waals surface area contributed by atoms with Gasteiger partial charge in [-0.2, -0.15) is 0 Å². The molecule has 1 heterocycles. The van der Waals surface area contributed by atoms with Gasteiger partial charge in [-0.15, -0.1) is 0 Å². The van der Waals surface area contributed by atoms with Gasteiger partial charge in [0.15, 0.2) is 0 Å². The van der Waals surface area contributed by atoms with E-state index in [9.17, 15) is 9.59 Å². The van der Waals surface area contributed by atoms with E-state index < -0.39 is 0 Å². The number of amides is 1. The lowest BCUT2D eigenvalue weighted by atomic mass is 9.87. The van der Waals surface area contributed by atoms with Gasteiger partial charge in [0.25, 0.3) is 0 Å². The van der Waals surface area contributed by atoms with Crippen LogP contribution in [0, 0.1) is 11.8 Å². The Morgan fingerprint density at radius 2 is 1.59 bits per heavy atom. The summed E-state index contributed by atoms with van der Waals surface area (Å²) in [4.78, 5) is 25.3. The summed E-state index contributed by atoms with van der Waals surface area (Å²) < 4.78 is 0. The minimum atomic E-state index is -0.286. The average molecular weight is 258 g/mol. The molecule has 0 radical (unpaired) electrons. The molecule has 1 aliphatic heterocycles. The first-order valence-corrected chi connectivity index (χ1v) is 7.04. The van der Waals surface area contributed by atoms with E-state index in [-0.39, 0.29) is 23.0 Å². The second-order valence-corrected chi connectivity index (χ2v) is 5.63. The van der Waals surface area contributed by atoms with Crippen LogP contribution in [0.2, 0.25) is 0 Å². The first-order valence-electron chi connectivity index (χ1n) is 6.66. The smallest absolute Gasteiger partial charge is 0.226 e. The van der Waals surface area contributed by atoms with Crippen molar-refractivity contribution in [2.75, 3.05) is 13.1 Å². The Labute approximate surface area is 107 Å². The Bertz CT molecular complexity index is 300. The van der Waals surface area contributed by atoms with Crippen LogP contribution in [0.4, 0.5) is 0 Å². The number of nitrogens with zero attached hydrogens (tertiary/aromatic N) is 1. The molecule has 1 saturated carbocycles. The lowest BCUT2D eigenvalue weighted by Crippen LogP contribution is -2.44. The third kappa shape index (κ3) is 3.21. The predicted molar refractivity (Wildman–Crippen MR) is 66.7 cm³/mol. The van der Waals surface area contributed by atoms with Crippen molar-refractivity contribution in [2.24, 2.45) is 11.8 Å². The lowest BCUT2D eigenvalue weighted by molar-refractivity contribution is -0.139. The van der Waals surface area contributed by atoms with Crippen LogP contribution in [0.1, 0.15) is 44.9 Å². The largest absolute Gasteiger partial charge is 0.342 e. The SMILES string of the molecule is O=C(Cl)C1CCCN(C(=O)C2CCCCC2)C1. The van der Waals surface area contributed by atoms with E-state index in [2.05, 4.69) is 0 Å². The highest BCUT2D eigenvalue weighted by Gasteiger charge is 2.31. The van der Waals surface area contributed by atoms with Gasteiger partial charge in [0.05, 0.1) is 5.92 Å². The van der Waals surface area contributed by atoms with Crippen LogP contribution in [-0.4, -0.2) is 29.1 Å². The molecule has 1 atom stereocenters. The molecule has 17 heavy (non-hydrogen) atoms. The fraction of sp³-hybridized carbons (Fsp3) is 0.846. The van der Waals surface area contributed by atoms with E-state index >= 15 is 0 Å². The van der Waals surface area contributed by atoms with Gasteiger partial charge in [0, 0.05) is 19.0 Å². The third-order valence-electron chi connectivity index (χ3n) is 4.01. The summed E-state index contributed by atoms with van der Waals surface area (Å²) in [5.41, 5.74) is 0. The normalized spacial score (nSPS) is 26.9. The maximum atomic E-state index is 12.3. The van der Waals surface area contributed by atoms with Crippen molar-refractivity contribution >= 4 is 22.8 Å². The quantitative estimate of drug-likeness (QED) is 0.713. The Hall–Kier alpha value is -0.570. The van der Waals surface area contributed by atoms with E-state index in [1.54, 1.807) is 0 Å². The van der Waals surface area contributed by atoms with Crippen LogP contribution in [0.3, 0.4) is 0 Å². The number of hydrogen-bond donors (Lipinski definition) is 0. The first kappa shape index (κ1) is 12.9. The molecule has 0 aromatic carbocycles. The second kappa shape index (κ2) is 5.85. The molecule has 1 saturated heterocycles. The molecule has 96 valence electrons. The minimum absolute atomic E-state index is 0.141. The van der Waals surface area contributed by atoms with Crippen LogP contribution in [-0.2, 0) is 9.59 Å². The fourth-order valence-electron chi connectivity index (χ4n) is 2.97. The van der Waals surface area contributed by atoms with Crippen LogP contribution >= 0.6 is 11.6 Å². The van der Waals surface area contributed by atoms with Crippen molar-refractivity contribution in [2.45, 2.75) is 44.9 Å². The van der Waals surface area contributed by atoms with Crippen molar-refractivity contribution in [3.63, 3.8) is 0 Å². The Kier molecular flexibility index (Phi) is 4.43. The summed E-state index contributed by atoms with van der Waals surface area (Å²) in [6, 6.07) is 0. The lowest BCUT2D eigenvalue weighted by Gasteiger charge is -2.34. The molecule has 2 aliphatic rings. The van der Waals surface area contributed by atoms with Crippen LogP contribution in [0.15, 0.2) is 0 Å². The molecule has 0 aromatic rings. The molecule has 0 N–H and O–H groups in total. The maximum absolute atomic E-state index is 12.3. The van der Waals surface area contributed by atoms with Gasteiger partial charge in [-0.1, -0.05) is 19.3 Å². The summed E-state index contributed by atoms with van der Waals surface area (Å²) in [6.07, 6.45) is 7.37. The zero-order chi connectivity index (χ0) is 12.3. The standard InChI is InChI=1S/C13H20ClNO2/c14-12(16)11-7-4-8-15(9-11)13(17)10-5-2-1-3-6-10/h10-11H,1-9H2. The van der Waals surface area contributed by atoms with Gasteiger partial charge >= 0.3 is 0 Å². The number of hydrogen-bond acceptors (Lipinski definition) is 2. The Morgan fingerprint density at radius 3 is 2.24 bits per heavy atom. The van der Waals surface area contributed by atoms with Crippen LogP contribution in [0.25, 0.3) is 0 Å². The van der Waals surface area contributed by atoms with Crippen molar-refractivity contribution < 1.29 is 9.59 Å². The monoisotopic (exact) mass is 257 g/mol. The van der Waals surface area contributed by atoms with Gasteiger partial charge in [-0.3, -0.25) is 9.59 Å². The number of carbonyl (C=O) groups is 2. The molecular weight excluding hydrogens is 238 g/mol. The molecule has 1 aliphatic carbocycles. The zero-order valence-electron chi connectivity index (χ0n) is 10.2. The average Bonchev–Trinajstić information content (AvgIpc) is 2.39. The van der Waals surface area contributed by atoms with Crippen molar-refractivity contribution in [3.05, 3.63) is 0 Å². The molecule has 1 amide bonds. The fourth-order valence-corrected chi connectivity index (χ4v) is 3.15. The molecule has 3 nitrogen and oxygen atoms in total. The topological polar surface area (TPSA) is 37.4 Å². The molecular formula is C13H20ClNO2. The van der Waals surface area contributed by atoms with Crippen LogP contribution < -0.4 is 0 Å². The third-order valence-corrected chi connectivity index (χ3v) is 4.32. The van der Waals surface area contributed by atoms with Gasteiger partial charge in [0.1, 0.15) is 0 Å². The van der Waals surface area contributed by atoms with E-state index in [0.29, 0.717) is 6.54 Å². The number of likely N-dealkylation sites (tertiary alicyclic amines) is 1. The summed E-state index contributed by atoms with van der Waals surface area (Å²) in [5.74, 6) is 0.318. The van der Waals surface area contributed by atoms with Gasteiger partial charge in [-0.05, 0) is 37.3 Å². The van der Waals surface area contributed by atoms with E-state index in [0.717, 1.165) is 32.2 Å². The molecule has 4 heteroatoms. The molecule has 1 unspecified atom stereocenters. The summed E-state index contributed by atoms with van der Waals surface area (Å²) >= 11 is 5.54. The first-order chi connectivity index (χ1) is 8.18. The van der Waals surface area contributed by atoms with E-state index in [1.807, 2.05) is 4.90 Å². The van der Waals surface area contributed by atoms with Gasteiger partial charge in [-0.25, -0.2) is 0 Å². The van der Waals surface area contributed by atoms with Crippen molar-refractivity contribution in [1.82, 2.24) is 4.90 Å². The Morgan fingerprint density at radius 1 is 0.941 bits per heavy atom. The summed E-state index contributed by atoms with van der Waals surface area (Å²) in [6.45, 7) is 1.34. The van der Waals surface area contributed by atoms with Crippen molar-refractivity contribution in [3.8, 4) is 0 Å². The molecule has 2 fully saturated rings. The molecule has 0 spiro atoms. The zero-order valence-corrected chi connectivity index (χ0v) is 10.9. The Balaban J connectivity index is 1.91. The number of piperidine rings is 1. The minimum Gasteiger partial charge on any atom is -0.342 e. The van der Waals surface area contributed by atoms with Crippen molar-refractivity contribution in [1.29, 1.82) is 0 Å². The highest BCUT2D eigenvalue weighted by Crippen LogP contribution is 2.27. The van der Waals surface area contributed by atoms with E-state index in [1.165, 1.54) is 19.3 Å². The number of rotatable bonds is 2.